The summed E-state index contributed by atoms with van der Waals surface area (Å²) >= 11 is 0. The summed E-state index contributed by atoms with van der Waals surface area (Å²) in [6, 6.07) is 7.80. The molecule has 0 aliphatic carbocycles. The van der Waals surface area contributed by atoms with Crippen molar-refractivity contribution in [3.63, 3.8) is 0 Å². The summed E-state index contributed by atoms with van der Waals surface area (Å²) in [6.07, 6.45) is 2.07. The number of benzene rings is 1. The zero-order valence-corrected chi connectivity index (χ0v) is 10.9. The second kappa shape index (κ2) is 6.01. The van der Waals surface area contributed by atoms with Crippen molar-refractivity contribution in [2.45, 2.75) is 13.3 Å². The highest BCUT2D eigenvalue weighted by Crippen LogP contribution is 2.28. The number of nitro benzene ring substituents is 1. The van der Waals surface area contributed by atoms with E-state index in [2.05, 4.69) is 0 Å². The third kappa shape index (κ3) is 3.03. The topological polar surface area (TPSA) is 82.6 Å². The molecule has 0 spiro atoms. The Hall–Kier alpha value is -2.63. The molecule has 6 nitrogen and oxygen atoms in total. The van der Waals surface area contributed by atoms with Gasteiger partial charge in [0.1, 0.15) is 0 Å². The van der Waals surface area contributed by atoms with Crippen LogP contribution in [0.25, 0.3) is 0 Å². The number of hydrogen-bond donors (Lipinski definition) is 0. The molecule has 0 unspecified atom stereocenters. The predicted octanol–water partition coefficient (Wildman–Crippen LogP) is 3.01. The van der Waals surface area contributed by atoms with E-state index in [0.717, 1.165) is 5.56 Å². The van der Waals surface area contributed by atoms with Crippen molar-refractivity contribution in [1.82, 2.24) is 0 Å². The van der Waals surface area contributed by atoms with E-state index in [0.29, 0.717) is 6.42 Å². The lowest BCUT2D eigenvalue weighted by atomic mass is 10.1. The molecule has 6 heteroatoms. The van der Waals surface area contributed by atoms with Gasteiger partial charge in [0.2, 0.25) is 5.78 Å². The molecule has 104 valence electrons. The molecule has 0 fully saturated rings. The van der Waals surface area contributed by atoms with Gasteiger partial charge in [-0.25, -0.2) is 0 Å². The summed E-state index contributed by atoms with van der Waals surface area (Å²) in [5.41, 5.74) is 0.693. The Balaban J connectivity index is 2.13. The molecule has 20 heavy (non-hydrogen) atoms. The van der Waals surface area contributed by atoms with Crippen molar-refractivity contribution in [3.05, 3.63) is 58.0 Å². The minimum atomic E-state index is -0.522. The molecule has 0 aliphatic heterocycles. The first-order valence-electron chi connectivity index (χ1n) is 6.08. The van der Waals surface area contributed by atoms with E-state index in [1.165, 1.54) is 24.5 Å². The minimum absolute atomic E-state index is 0.0760. The minimum Gasteiger partial charge on any atom is -0.478 e. The Bertz CT molecular complexity index is 618. The highest BCUT2D eigenvalue weighted by atomic mass is 16.6. The Morgan fingerprint density at radius 2 is 2.20 bits per heavy atom. The highest BCUT2D eigenvalue weighted by Gasteiger charge is 2.18. The van der Waals surface area contributed by atoms with Crippen molar-refractivity contribution in [2.75, 3.05) is 6.61 Å². The molecule has 1 aromatic carbocycles. The van der Waals surface area contributed by atoms with E-state index >= 15 is 0 Å². The van der Waals surface area contributed by atoms with Crippen molar-refractivity contribution in [3.8, 4) is 5.75 Å². The summed E-state index contributed by atoms with van der Waals surface area (Å²) in [5.74, 6) is -0.131. The maximum Gasteiger partial charge on any atom is 0.311 e. The molecule has 0 radical (unpaired) electrons. The number of ketones is 1. The molecule has 1 aromatic heterocycles. The molecule has 0 aliphatic rings. The number of aryl methyl sites for hydroxylation is 1. The van der Waals surface area contributed by atoms with Crippen molar-refractivity contribution in [1.29, 1.82) is 0 Å². The maximum absolute atomic E-state index is 11.7. The van der Waals surface area contributed by atoms with Gasteiger partial charge in [-0.1, -0.05) is 13.0 Å². The fraction of sp³-hybridized carbons (Fsp3) is 0.214. The lowest BCUT2D eigenvalue weighted by molar-refractivity contribution is -0.385. The van der Waals surface area contributed by atoms with Gasteiger partial charge in [-0.2, -0.15) is 0 Å². The van der Waals surface area contributed by atoms with Crippen LogP contribution in [0.2, 0.25) is 0 Å². The van der Waals surface area contributed by atoms with E-state index < -0.39 is 4.92 Å². The highest BCUT2D eigenvalue weighted by molar-refractivity contribution is 5.94. The molecule has 0 bridgehead atoms. The first-order valence-corrected chi connectivity index (χ1v) is 6.08. The molecular formula is C14H13NO5. The third-order valence-corrected chi connectivity index (χ3v) is 2.78. The Morgan fingerprint density at radius 1 is 1.40 bits per heavy atom. The van der Waals surface area contributed by atoms with Crippen LogP contribution in [-0.2, 0) is 6.42 Å². The number of Topliss-reactive ketones (excluding diaryl/α,β-unsaturated/α-hetero) is 1. The van der Waals surface area contributed by atoms with Gasteiger partial charge in [0.05, 0.1) is 11.2 Å². The van der Waals surface area contributed by atoms with Crippen LogP contribution >= 0.6 is 0 Å². The Morgan fingerprint density at radius 3 is 2.80 bits per heavy atom. The number of nitrogens with zero attached hydrogens (tertiary/aromatic N) is 1. The molecule has 0 saturated heterocycles. The third-order valence-electron chi connectivity index (χ3n) is 2.78. The molecular weight excluding hydrogens is 262 g/mol. The fourth-order valence-corrected chi connectivity index (χ4v) is 1.70. The SMILES string of the molecule is CCc1ccc(OCC(=O)c2ccco2)c([N+](=O)[O-])c1. The van der Waals surface area contributed by atoms with E-state index in [1.807, 2.05) is 6.92 Å². The fourth-order valence-electron chi connectivity index (χ4n) is 1.70. The van der Waals surface area contributed by atoms with Gasteiger partial charge in [-0.05, 0) is 30.2 Å². The molecule has 2 rings (SSSR count). The molecule has 0 saturated carbocycles. The summed E-state index contributed by atoms with van der Waals surface area (Å²) in [6.45, 7) is 1.60. The van der Waals surface area contributed by atoms with Crippen molar-refractivity contribution < 1.29 is 18.9 Å². The quantitative estimate of drug-likeness (QED) is 0.459. The zero-order valence-electron chi connectivity index (χ0n) is 10.9. The van der Waals surface area contributed by atoms with Gasteiger partial charge in [-0.15, -0.1) is 0 Å². The first-order chi connectivity index (χ1) is 9.61. The van der Waals surface area contributed by atoms with Crippen LogP contribution in [0.5, 0.6) is 5.75 Å². The van der Waals surface area contributed by atoms with Crippen LogP contribution < -0.4 is 4.74 Å². The molecule has 0 atom stereocenters. The van der Waals surface area contributed by atoms with Gasteiger partial charge < -0.3 is 9.15 Å². The van der Waals surface area contributed by atoms with Gasteiger partial charge >= 0.3 is 5.69 Å². The van der Waals surface area contributed by atoms with E-state index in [-0.39, 0.29) is 29.6 Å². The lowest BCUT2D eigenvalue weighted by Crippen LogP contribution is -2.11. The molecule has 0 N–H and O–H groups in total. The van der Waals surface area contributed by atoms with Crippen LogP contribution in [0.3, 0.4) is 0 Å². The van der Waals surface area contributed by atoms with Crippen LogP contribution in [0.15, 0.2) is 41.0 Å². The van der Waals surface area contributed by atoms with Crippen LogP contribution in [-0.4, -0.2) is 17.3 Å². The smallest absolute Gasteiger partial charge is 0.311 e. The van der Waals surface area contributed by atoms with Gasteiger partial charge in [0.15, 0.2) is 18.1 Å². The average molecular weight is 275 g/mol. The van der Waals surface area contributed by atoms with Gasteiger partial charge in [0.25, 0.3) is 0 Å². The summed E-state index contributed by atoms with van der Waals surface area (Å²) in [7, 11) is 0. The predicted molar refractivity (Wildman–Crippen MR) is 71.0 cm³/mol. The van der Waals surface area contributed by atoms with E-state index in [9.17, 15) is 14.9 Å². The number of carbonyl (C=O) groups is 1. The Kier molecular flexibility index (Phi) is 4.14. The molecule has 1 heterocycles. The number of nitro groups is 1. The Labute approximate surface area is 115 Å². The standard InChI is InChI=1S/C14H13NO5/c1-2-10-5-6-13(11(8-10)15(17)18)20-9-12(16)14-4-3-7-19-14/h3-8H,2,9H2,1H3. The van der Waals surface area contributed by atoms with Crippen LogP contribution in [0.4, 0.5) is 5.69 Å². The largest absolute Gasteiger partial charge is 0.478 e. The number of carbonyl (C=O) groups excluding carboxylic acids is 1. The summed E-state index contributed by atoms with van der Waals surface area (Å²) in [5, 5.41) is 11.0. The molecule has 2 aromatic rings. The van der Waals surface area contributed by atoms with Crippen LogP contribution in [0, 0.1) is 10.1 Å². The van der Waals surface area contributed by atoms with E-state index in [4.69, 9.17) is 9.15 Å². The van der Waals surface area contributed by atoms with Crippen molar-refractivity contribution in [2.24, 2.45) is 0 Å². The van der Waals surface area contributed by atoms with Gasteiger partial charge in [-0.3, -0.25) is 14.9 Å². The zero-order chi connectivity index (χ0) is 14.5. The van der Waals surface area contributed by atoms with Crippen LogP contribution in [0.1, 0.15) is 23.0 Å². The number of hydrogen-bond acceptors (Lipinski definition) is 5. The second-order valence-electron chi connectivity index (χ2n) is 4.10. The van der Waals surface area contributed by atoms with Crippen molar-refractivity contribution >= 4 is 11.5 Å². The maximum atomic E-state index is 11.7. The molecule has 0 amide bonds. The number of ether oxygens (including phenoxy) is 1. The summed E-state index contributed by atoms with van der Waals surface area (Å²) < 4.78 is 10.2. The number of rotatable bonds is 6. The second-order valence-corrected chi connectivity index (χ2v) is 4.10. The number of furan rings is 1. The van der Waals surface area contributed by atoms with Gasteiger partial charge in [0, 0.05) is 6.07 Å². The lowest BCUT2D eigenvalue weighted by Gasteiger charge is -2.06. The average Bonchev–Trinajstić information content (AvgIpc) is 2.98. The van der Waals surface area contributed by atoms with E-state index in [1.54, 1.807) is 12.1 Å². The first kappa shape index (κ1) is 13.8. The summed E-state index contributed by atoms with van der Waals surface area (Å²) in [4.78, 5) is 22.2. The monoisotopic (exact) mass is 275 g/mol. The normalized spacial score (nSPS) is 10.2.